The summed E-state index contributed by atoms with van der Waals surface area (Å²) in [6.07, 6.45) is -3.26. The van der Waals surface area contributed by atoms with E-state index in [2.05, 4.69) is 0 Å². The summed E-state index contributed by atoms with van der Waals surface area (Å²) in [5, 5.41) is 8.33. The van der Waals surface area contributed by atoms with Gasteiger partial charge in [-0.1, -0.05) is 24.3 Å². The van der Waals surface area contributed by atoms with Crippen LogP contribution in [0.5, 0.6) is 0 Å². The lowest BCUT2D eigenvalue weighted by Crippen LogP contribution is -2.10. The molecule has 0 radical (unpaired) electrons. The Morgan fingerprint density at radius 1 is 1.35 bits per heavy atom. The third-order valence-electron chi connectivity index (χ3n) is 1.92. The Labute approximate surface area is 94.2 Å². The van der Waals surface area contributed by atoms with E-state index in [1.54, 1.807) is 0 Å². The molecule has 0 atom stereocenters. The van der Waals surface area contributed by atoms with E-state index in [9.17, 15) is 22.4 Å². The number of aliphatic carboxylic acids is 1. The quantitative estimate of drug-likeness (QED) is 0.833. The standard InChI is InChI=1S/C11H8F4O2/c12-8-5-1-3-7(4-2-6-9(16)17)10(8)11(13,14)15/h1-5H,6H2,(H,16,17). The van der Waals surface area contributed by atoms with Gasteiger partial charge in [0.15, 0.2) is 0 Å². The molecule has 0 saturated heterocycles. The van der Waals surface area contributed by atoms with Crippen LogP contribution < -0.4 is 0 Å². The van der Waals surface area contributed by atoms with Crippen molar-refractivity contribution in [3.63, 3.8) is 0 Å². The van der Waals surface area contributed by atoms with Crippen LogP contribution in [0.25, 0.3) is 6.08 Å². The molecule has 0 aromatic heterocycles. The Bertz CT molecular complexity index is 449. The van der Waals surface area contributed by atoms with Gasteiger partial charge in [0.05, 0.1) is 12.0 Å². The van der Waals surface area contributed by atoms with Crippen molar-refractivity contribution in [3.8, 4) is 0 Å². The van der Waals surface area contributed by atoms with Gasteiger partial charge in [0.2, 0.25) is 0 Å². The molecule has 1 N–H and O–H groups in total. The molecule has 0 aliphatic heterocycles. The van der Waals surface area contributed by atoms with Gasteiger partial charge in [-0.15, -0.1) is 0 Å². The fraction of sp³-hybridized carbons (Fsp3) is 0.182. The Kier molecular flexibility index (Phi) is 3.88. The molecule has 0 saturated carbocycles. The Morgan fingerprint density at radius 3 is 2.53 bits per heavy atom. The van der Waals surface area contributed by atoms with Gasteiger partial charge in [-0.2, -0.15) is 13.2 Å². The lowest BCUT2D eigenvalue weighted by Gasteiger charge is -2.10. The summed E-state index contributed by atoms with van der Waals surface area (Å²) in [6, 6.07) is 2.91. The molecular formula is C11H8F4O2. The SMILES string of the molecule is O=C(O)CC=Cc1cccc(F)c1C(F)(F)F. The number of carbonyl (C=O) groups is 1. The maximum absolute atomic E-state index is 13.1. The van der Waals surface area contributed by atoms with Crippen molar-refractivity contribution in [1.82, 2.24) is 0 Å². The van der Waals surface area contributed by atoms with E-state index < -0.39 is 35.5 Å². The van der Waals surface area contributed by atoms with E-state index in [0.717, 1.165) is 24.3 Å². The highest BCUT2D eigenvalue weighted by molar-refractivity contribution is 5.70. The molecule has 1 rings (SSSR count). The van der Waals surface area contributed by atoms with Crippen molar-refractivity contribution in [3.05, 3.63) is 41.2 Å². The van der Waals surface area contributed by atoms with Gasteiger partial charge in [-0.25, -0.2) is 4.39 Å². The smallest absolute Gasteiger partial charge is 0.419 e. The number of carboxylic acid groups (broad SMARTS) is 1. The van der Waals surface area contributed by atoms with E-state index >= 15 is 0 Å². The molecule has 0 bridgehead atoms. The fourth-order valence-corrected chi connectivity index (χ4v) is 1.27. The van der Waals surface area contributed by atoms with Crippen LogP contribution in [0, 0.1) is 5.82 Å². The summed E-state index contributed by atoms with van der Waals surface area (Å²) in [5.41, 5.74) is -1.78. The zero-order chi connectivity index (χ0) is 13.1. The van der Waals surface area contributed by atoms with E-state index in [-0.39, 0.29) is 0 Å². The first-order chi connectivity index (χ1) is 7.82. The number of hydrogen-bond donors (Lipinski definition) is 1. The van der Waals surface area contributed by atoms with Gasteiger partial charge in [-0.3, -0.25) is 4.79 Å². The van der Waals surface area contributed by atoms with Gasteiger partial charge in [-0.05, 0) is 11.6 Å². The molecule has 1 aromatic carbocycles. The maximum Gasteiger partial charge on any atom is 0.419 e. The highest BCUT2D eigenvalue weighted by Gasteiger charge is 2.35. The van der Waals surface area contributed by atoms with Crippen molar-refractivity contribution >= 4 is 12.0 Å². The third-order valence-corrected chi connectivity index (χ3v) is 1.92. The first-order valence-corrected chi connectivity index (χ1v) is 4.56. The number of benzene rings is 1. The zero-order valence-electron chi connectivity index (χ0n) is 8.46. The van der Waals surface area contributed by atoms with E-state index in [1.807, 2.05) is 0 Å². The summed E-state index contributed by atoms with van der Waals surface area (Å²) >= 11 is 0. The predicted molar refractivity (Wildman–Crippen MR) is 52.7 cm³/mol. The molecular weight excluding hydrogens is 240 g/mol. The average molecular weight is 248 g/mol. The second-order valence-corrected chi connectivity index (χ2v) is 3.20. The molecule has 0 aliphatic carbocycles. The molecule has 0 aliphatic rings. The molecule has 17 heavy (non-hydrogen) atoms. The second-order valence-electron chi connectivity index (χ2n) is 3.20. The summed E-state index contributed by atoms with van der Waals surface area (Å²) in [7, 11) is 0. The van der Waals surface area contributed by atoms with Gasteiger partial charge < -0.3 is 5.11 Å². The predicted octanol–water partition coefficient (Wildman–Crippen LogP) is 3.33. The largest absolute Gasteiger partial charge is 0.481 e. The van der Waals surface area contributed by atoms with Gasteiger partial charge in [0.1, 0.15) is 5.82 Å². The third kappa shape index (κ3) is 3.58. The molecule has 0 heterocycles. The van der Waals surface area contributed by atoms with Crippen LogP contribution in [0.1, 0.15) is 17.5 Å². The molecule has 1 aromatic rings. The number of carboxylic acids is 1. The lowest BCUT2D eigenvalue weighted by atomic mass is 10.1. The zero-order valence-corrected chi connectivity index (χ0v) is 8.46. The molecule has 2 nitrogen and oxygen atoms in total. The van der Waals surface area contributed by atoms with Crippen LogP contribution in [-0.4, -0.2) is 11.1 Å². The van der Waals surface area contributed by atoms with Crippen LogP contribution in [0.15, 0.2) is 24.3 Å². The first kappa shape index (κ1) is 13.2. The first-order valence-electron chi connectivity index (χ1n) is 4.56. The minimum atomic E-state index is -4.81. The van der Waals surface area contributed by atoms with Crippen LogP contribution in [0.2, 0.25) is 0 Å². The molecule has 92 valence electrons. The normalized spacial score (nSPS) is 12.0. The van der Waals surface area contributed by atoms with Crippen molar-refractivity contribution in [2.45, 2.75) is 12.6 Å². The number of alkyl halides is 3. The number of rotatable bonds is 3. The maximum atomic E-state index is 13.1. The Morgan fingerprint density at radius 2 is 2.00 bits per heavy atom. The van der Waals surface area contributed by atoms with Crippen LogP contribution >= 0.6 is 0 Å². The molecule has 0 fully saturated rings. The van der Waals surface area contributed by atoms with Crippen molar-refractivity contribution < 1.29 is 27.5 Å². The number of halogens is 4. The van der Waals surface area contributed by atoms with Gasteiger partial charge >= 0.3 is 12.1 Å². The Hall–Kier alpha value is -1.85. The van der Waals surface area contributed by atoms with Gasteiger partial charge in [0.25, 0.3) is 0 Å². The van der Waals surface area contributed by atoms with E-state index in [1.165, 1.54) is 0 Å². The minimum absolute atomic E-state index is 0.390. The van der Waals surface area contributed by atoms with E-state index in [0.29, 0.717) is 6.07 Å². The summed E-state index contributed by atoms with van der Waals surface area (Å²) in [6.45, 7) is 0. The topological polar surface area (TPSA) is 37.3 Å². The van der Waals surface area contributed by atoms with Crippen molar-refractivity contribution in [1.29, 1.82) is 0 Å². The van der Waals surface area contributed by atoms with Crippen molar-refractivity contribution in [2.24, 2.45) is 0 Å². The second kappa shape index (κ2) is 4.99. The minimum Gasteiger partial charge on any atom is -0.481 e. The molecule has 0 spiro atoms. The molecule has 0 unspecified atom stereocenters. The molecule has 0 amide bonds. The highest BCUT2D eigenvalue weighted by Crippen LogP contribution is 2.34. The van der Waals surface area contributed by atoms with Crippen LogP contribution in [-0.2, 0) is 11.0 Å². The monoisotopic (exact) mass is 248 g/mol. The van der Waals surface area contributed by atoms with Gasteiger partial charge in [0, 0.05) is 0 Å². The molecule has 6 heteroatoms. The summed E-state index contributed by atoms with van der Waals surface area (Å²) in [5.74, 6) is -2.55. The Balaban J connectivity index is 3.12. The van der Waals surface area contributed by atoms with Crippen LogP contribution in [0.4, 0.5) is 17.6 Å². The van der Waals surface area contributed by atoms with Crippen molar-refractivity contribution in [2.75, 3.05) is 0 Å². The van der Waals surface area contributed by atoms with Crippen LogP contribution in [0.3, 0.4) is 0 Å². The highest BCUT2D eigenvalue weighted by atomic mass is 19.4. The lowest BCUT2D eigenvalue weighted by molar-refractivity contribution is -0.140. The summed E-state index contributed by atoms with van der Waals surface area (Å²) < 4.78 is 50.6. The van der Waals surface area contributed by atoms with E-state index in [4.69, 9.17) is 5.11 Å². The fourth-order valence-electron chi connectivity index (χ4n) is 1.27. The summed E-state index contributed by atoms with van der Waals surface area (Å²) in [4.78, 5) is 10.2. The average Bonchev–Trinajstić information content (AvgIpc) is 2.14. The number of hydrogen-bond acceptors (Lipinski definition) is 1.